The minimum Gasteiger partial charge on any atom is -0.331 e. The summed E-state index contributed by atoms with van der Waals surface area (Å²) in [5, 5.41) is 5.74. The predicted molar refractivity (Wildman–Crippen MR) is 81.1 cm³/mol. The molecule has 0 saturated carbocycles. The average molecular weight is 305 g/mol. The summed E-state index contributed by atoms with van der Waals surface area (Å²) in [6.45, 7) is 0. The van der Waals surface area contributed by atoms with E-state index in [0.717, 1.165) is 18.4 Å². The molecule has 5 heteroatoms. The highest BCUT2D eigenvalue weighted by Gasteiger charge is 2.23. The number of hydrogen-bond donors (Lipinski definition) is 2. The molecule has 2 amide bonds. The minimum atomic E-state index is -0.513. The van der Waals surface area contributed by atoms with Crippen molar-refractivity contribution in [3.8, 4) is 0 Å². The van der Waals surface area contributed by atoms with Crippen molar-refractivity contribution in [1.82, 2.24) is 5.32 Å². The van der Waals surface area contributed by atoms with Gasteiger partial charge in [-0.1, -0.05) is 35.9 Å². The molecule has 0 radical (unpaired) electrons. The first-order valence-corrected chi connectivity index (χ1v) is 7.11. The maximum atomic E-state index is 13.6. The molecule has 108 valence electrons. The molecular formula is C16H14ClFN2O. The molecule has 1 aliphatic rings. The van der Waals surface area contributed by atoms with Crippen LogP contribution in [0.4, 0.5) is 14.9 Å². The van der Waals surface area contributed by atoms with E-state index in [2.05, 4.69) is 16.7 Å². The third-order valence-electron chi connectivity index (χ3n) is 3.61. The Hall–Kier alpha value is -2.07. The van der Waals surface area contributed by atoms with Crippen LogP contribution in [-0.2, 0) is 6.42 Å². The highest BCUT2D eigenvalue weighted by molar-refractivity contribution is 6.30. The molecule has 0 bridgehead atoms. The SMILES string of the molecule is O=C(Nc1cc(Cl)ccc1F)NC1CCc2ccccc21. The second-order valence-corrected chi connectivity index (χ2v) is 5.45. The van der Waals surface area contributed by atoms with Crippen LogP contribution in [0, 0.1) is 5.82 Å². The van der Waals surface area contributed by atoms with Crippen LogP contribution in [0.15, 0.2) is 42.5 Å². The molecule has 1 aliphatic carbocycles. The van der Waals surface area contributed by atoms with Crippen molar-refractivity contribution < 1.29 is 9.18 Å². The van der Waals surface area contributed by atoms with E-state index >= 15 is 0 Å². The first-order chi connectivity index (χ1) is 10.1. The highest BCUT2D eigenvalue weighted by Crippen LogP contribution is 2.30. The quantitative estimate of drug-likeness (QED) is 0.854. The van der Waals surface area contributed by atoms with Crippen molar-refractivity contribution in [1.29, 1.82) is 0 Å². The topological polar surface area (TPSA) is 41.1 Å². The Balaban J connectivity index is 1.69. The van der Waals surface area contributed by atoms with E-state index in [1.807, 2.05) is 18.2 Å². The number of urea groups is 1. The third-order valence-corrected chi connectivity index (χ3v) is 3.85. The molecule has 2 aromatic rings. The second kappa shape index (κ2) is 5.74. The number of carbonyl (C=O) groups is 1. The number of halogens is 2. The Morgan fingerprint density at radius 3 is 2.90 bits per heavy atom. The fourth-order valence-electron chi connectivity index (χ4n) is 2.62. The van der Waals surface area contributed by atoms with E-state index in [9.17, 15) is 9.18 Å². The molecule has 3 nitrogen and oxygen atoms in total. The second-order valence-electron chi connectivity index (χ2n) is 5.01. The fraction of sp³-hybridized carbons (Fsp3) is 0.188. The molecule has 0 aliphatic heterocycles. The number of hydrogen-bond acceptors (Lipinski definition) is 1. The van der Waals surface area contributed by atoms with Crippen LogP contribution in [0.25, 0.3) is 0 Å². The number of nitrogens with one attached hydrogen (secondary N) is 2. The first kappa shape index (κ1) is 13.9. The smallest absolute Gasteiger partial charge is 0.319 e. The molecule has 0 heterocycles. The maximum Gasteiger partial charge on any atom is 0.319 e. The van der Waals surface area contributed by atoms with Gasteiger partial charge in [0.05, 0.1) is 11.7 Å². The summed E-state index contributed by atoms with van der Waals surface area (Å²) in [7, 11) is 0. The molecule has 0 fully saturated rings. The molecule has 21 heavy (non-hydrogen) atoms. The van der Waals surface area contributed by atoms with E-state index in [-0.39, 0.29) is 11.7 Å². The Bertz CT molecular complexity index is 690. The van der Waals surface area contributed by atoms with Gasteiger partial charge in [0.25, 0.3) is 0 Å². The molecule has 3 rings (SSSR count). The van der Waals surface area contributed by atoms with Crippen LogP contribution in [0.1, 0.15) is 23.6 Å². The molecule has 2 N–H and O–H groups in total. The Morgan fingerprint density at radius 1 is 1.24 bits per heavy atom. The molecule has 0 saturated heterocycles. The zero-order valence-corrected chi connectivity index (χ0v) is 12.0. The number of fused-ring (bicyclic) bond motifs is 1. The lowest BCUT2D eigenvalue weighted by Gasteiger charge is -2.15. The lowest BCUT2D eigenvalue weighted by Crippen LogP contribution is -2.31. The van der Waals surface area contributed by atoms with Crippen LogP contribution in [0.3, 0.4) is 0 Å². The summed E-state index contributed by atoms with van der Waals surface area (Å²) in [5.74, 6) is -0.513. The molecule has 0 spiro atoms. The number of carbonyl (C=O) groups excluding carboxylic acids is 1. The van der Waals surface area contributed by atoms with Gasteiger partial charge in [0.15, 0.2) is 0 Å². The van der Waals surface area contributed by atoms with Gasteiger partial charge >= 0.3 is 6.03 Å². The molecule has 2 aromatic carbocycles. The van der Waals surface area contributed by atoms with Crippen LogP contribution < -0.4 is 10.6 Å². The minimum absolute atomic E-state index is 0.0385. The summed E-state index contributed by atoms with van der Waals surface area (Å²) < 4.78 is 13.6. The van der Waals surface area contributed by atoms with E-state index in [4.69, 9.17) is 11.6 Å². The van der Waals surface area contributed by atoms with Crippen LogP contribution in [0.5, 0.6) is 0 Å². The van der Waals surface area contributed by atoms with Gasteiger partial charge in [-0.2, -0.15) is 0 Å². The largest absolute Gasteiger partial charge is 0.331 e. The monoisotopic (exact) mass is 304 g/mol. The summed E-state index contributed by atoms with van der Waals surface area (Å²) in [5.41, 5.74) is 2.45. The maximum absolute atomic E-state index is 13.6. The van der Waals surface area contributed by atoms with Gasteiger partial charge in [-0.15, -0.1) is 0 Å². The number of benzene rings is 2. The Kier molecular flexibility index (Phi) is 3.80. The fourth-order valence-corrected chi connectivity index (χ4v) is 2.79. The van der Waals surface area contributed by atoms with Crippen molar-refractivity contribution in [2.24, 2.45) is 0 Å². The highest BCUT2D eigenvalue weighted by atomic mass is 35.5. The van der Waals surface area contributed by atoms with Gasteiger partial charge in [-0.25, -0.2) is 9.18 Å². The van der Waals surface area contributed by atoms with Crippen molar-refractivity contribution in [3.05, 3.63) is 64.4 Å². The summed E-state index contributed by atoms with van der Waals surface area (Å²) in [4.78, 5) is 12.0. The van der Waals surface area contributed by atoms with Crippen LogP contribution >= 0.6 is 11.6 Å². The zero-order chi connectivity index (χ0) is 14.8. The Labute approximate surface area is 127 Å². The van der Waals surface area contributed by atoms with E-state index < -0.39 is 11.8 Å². The van der Waals surface area contributed by atoms with Gasteiger partial charge in [-0.3, -0.25) is 0 Å². The van der Waals surface area contributed by atoms with E-state index in [1.54, 1.807) is 0 Å². The zero-order valence-electron chi connectivity index (χ0n) is 11.2. The normalized spacial score (nSPS) is 16.4. The number of amides is 2. The van der Waals surface area contributed by atoms with Crippen molar-refractivity contribution >= 4 is 23.3 Å². The van der Waals surface area contributed by atoms with Gasteiger partial charge in [0.2, 0.25) is 0 Å². The molecule has 1 unspecified atom stereocenters. The summed E-state index contributed by atoms with van der Waals surface area (Å²) in [6, 6.07) is 11.6. The van der Waals surface area contributed by atoms with Crippen molar-refractivity contribution in [2.45, 2.75) is 18.9 Å². The number of rotatable bonds is 2. The number of anilines is 1. The van der Waals surface area contributed by atoms with Crippen LogP contribution in [-0.4, -0.2) is 6.03 Å². The molecule has 1 atom stereocenters. The summed E-state index contributed by atoms with van der Waals surface area (Å²) in [6.07, 6.45) is 1.79. The first-order valence-electron chi connectivity index (χ1n) is 6.74. The third kappa shape index (κ3) is 3.00. The van der Waals surface area contributed by atoms with Gasteiger partial charge in [0.1, 0.15) is 5.82 Å². The number of aryl methyl sites for hydroxylation is 1. The van der Waals surface area contributed by atoms with E-state index in [1.165, 1.54) is 23.8 Å². The van der Waals surface area contributed by atoms with Crippen molar-refractivity contribution in [2.75, 3.05) is 5.32 Å². The van der Waals surface area contributed by atoms with Crippen molar-refractivity contribution in [3.63, 3.8) is 0 Å². The van der Waals surface area contributed by atoms with Crippen LogP contribution in [0.2, 0.25) is 5.02 Å². The average Bonchev–Trinajstić information content (AvgIpc) is 2.86. The summed E-state index contributed by atoms with van der Waals surface area (Å²) >= 11 is 5.80. The lowest BCUT2D eigenvalue weighted by atomic mass is 10.1. The molecular weight excluding hydrogens is 291 g/mol. The van der Waals surface area contributed by atoms with Gasteiger partial charge in [0, 0.05) is 5.02 Å². The predicted octanol–water partition coefficient (Wildman–Crippen LogP) is 4.29. The van der Waals surface area contributed by atoms with Gasteiger partial charge in [-0.05, 0) is 42.2 Å². The van der Waals surface area contributed by atoms with E-state index in [0.29, 0.717) is 5.02 Å². The van der Waals surface area contributed by atoms with Gasteiger partial charge < -0.3 is 10.6 Å². The molecule has 0 aromatic heterocycles. The Morgan fingerprint density at radius 2 is 2.05 bits per heavy atom. The lowest BCUT2D eigenvalue weighted by molar-refractivity contribution is 0.248. The standard InChI is InChI=1S/C16H14ClFN2O/c17-11-6-7-13(18)15(9-11)20-16(21)19-14-8-5-10-3-1-2-4-12(10)14/h1-4,6-7,9,14H,5,8H2,(H2,19,20,21).